The lowest BCUT2D eigenvalue weighted by Crippen LogP contribution is -2.13. The number of hydrogen-bond acceptors (Lipinski definition) is 4. The molecular formula is C17H17NO3. The fourth-order valence-electron chi connectivity index (χ4n) is 1.88. The van der Waals surface area contributed by atoms with Crippen LogP contribution in [0.4, 0.5) is 5.69 Å². The number of anilines is 1. The third kappa shape index (κ3) is 3.92. The molecule has 4 nitrogen and oxygen atoms in total. The molecule has 2 rings (SSSR count). The van der Waals surface area contributed by atoms with Crippen molar-refractivity contribution in [3.05, 3.63) is 54.1 Å². The quantitative estimate of drug-likeness (QED) is 0.676. The van der Waals surface area contributed by atoms with Gasteiger partial charge in [-0.25, -0.2) is 4.79 Å². The summed E-state index contributed by atoms with van der Waals surface area (Å²) in [5.74, 6) is -0.599. The number of nitrogen functional groups attached to an aromatic ring is 1. The predicted octanol–water partition coefficient (Wildman–Crippen LogP) is 3.07. The molecule has 0 amide bonds. The first-order valence-electron chi connectivity index (χ1n) is 6.75. The van der Waals surface area contributed by atoms with E-state index in [-0.39, 0.29) is 12.4 Å². The summed E-state index contributed by atoms with van der Waals surface area (Å²) >= 11 is 0. The first-order chi connectivity index (χ1) is 10.1. The Bertz CT molecular complexity index is 665. The average Bonchev–Trinajstić information content (AvgIpc) is 2.52. The molecule has 0 aromatic heterocycles. The van der Waals surface area contributed by atoms with Gasteiger partial charge in [-0.05, 0) is 35.4 Å². The van der Waals surface area contributed by atoms with E-state index < -0.39 is 5.97 Å². The average molecular weight is 283 g/mol. The van der Waals surface area contributed by atoms with E-state index in [0.29, 0.717) is 17.7 Å². The van der Waals surface area contributed by atoms with E-state index in [1.165, 1.54) is 0 Å². The molecule has 0 heterocycles. The maximum absolute atomic E-state index is 11.9. The van der Waals surface area contributed by atoms with Crippen LogP contribution in [0.25, 0.3) is 11.1 Å². The summed E-state index contributed by atoms with van der Waals surface area (Å²) in [4.78, 5) is 23.1. The van der Waals surface area contributed by atoms with E-state index >= 15 is 0 Å². The van der Waals surface area contributed by atoms with Crippen LogP contribution in [-0.4, -0.2) is 18.4 Å². The molecule has 4 heteroatoms. The van der Waals surface area contributed by atoms with Gasteiger partial charge in [-0.2, -0.15) is 0 Å². The number of benzene rings is 2. The van der Waals surface area contributed by atoms with Crippen molar-refractivity contribution in [3.8, 4) is 11.1 Å². The largest absolute Gasteiger partial charge is 0.454 e. The van der Waals surface area contributed by atoms with Crippen molar-refractivity contribution in [1.82, 2.24) is 0 Å². The minimum atomic E-state index is -0.498. The van der Waals surface area contributed by atoms with Crippen LogP contribution < -0.4 is 5.73 Å². The highest BCUT2D eigenvalue weighted by molar-refractivity contribution is 5.93. The fourth-order valence-corrected chi connectivity index (χ4v) is 1.88. The molecule has 2 aromatic carbocycles. The number of carbonyl (C=O) groups excluding carboxylic acids is 2. The van der Waals surface area contributed by atoms with Crippen LogP contribution in [0.15, 0.2) is 48.5 Å². The van der Waals surface area contributed by atoms with Crippen LogP contribution in [0, 0.1) is 0 Å². The second kappa shape index (κ2) is 6.70. The van der Waals surface area contributed by atoms with Crippen molar-refractivity contribution in [2.45, 2.75) is 13.3 Å². The summed E-state index contributed by atoms with van der Waals surface area (Å²) in [6, 6.07) is 14.5. The van der Waals surface area contributed by atoms with Crippen LogP contribution in [0.2, 0.25) is 0 Å². The molecule has 0 bridgehead atoms. The van der Waals surface area contributed by atoms with Crippen molar-refractivity contribution in [2.75, 3.05) is 12.3 Å². The van der Waals surface area contributed by atoms with Crippen LogP contribution >= 0.6 is 0 Å². The van der Waals surface area contributed by atoms with Crippen molar-refractivity contribution in [3.63, 3.8) is 0 Å². The zero-order chi connectivity index (χ0) is 15.2. The van der Waals surface area contributed by atoms with E-state index in [4.69, 9.17) is 10.5 Å². The number of esters is 1. The third-order valence-corrected chi connectivity index (χ3v) is 3.08. The standard InChI is InChI=1S/C17H17NO3/c1-2-16(19)11-21-17(20)14-7-3-5-12(9-14)13-6-4-8-15(18)10-13/h3-10H,2,11,18H2,1H3. The minimum absolute atomic E-state index is 0.102. The molecule has 0 saturated carbocycles. The Balaban J connectivity index is 2.18. The van der Waals surface area contributed by atoms with Gasteiger partial charge in [0.15, 0.2) is 5.78 Å². The molecule has 108 valence electrons. The van der Waals surface area contributed by atoms with E-state index in [1.54, 1.807) is 31.2 Å². The molecule has 0 spiro atoms. The van der Waals surface area contributed by atoms with Crippen LogP contribution in [-0.2, 0) is 9.53 Å². The molecule has 0 fully saturated rings. The lowest BCUT2D eigenvalue weighted by molar-refractivity contribution is -0.121. The first-order valence-corrected chi connectivity index (χ1v) is 6.75. The van der Waals surface area contributed by atoms with Gasteiger partial charge in [0.25, 0.3) is 0 Å². The Morgan fingerprint density at radius 2 is 1.71 bits per heavy atom. The van der Waals surface area contributed by atoms with Crippen molar-refractivity contribution < 1.29 is 14.3 Å². The normalized spacial score (nSPS) is 10.1. The highest BCUT2D eigenvalue weighted by atomic mass is 16.5. The summed E-state index contributed by atoms with van der Waals surface area (Å²) in [6.45, 7) is 1.55. The van der Waals surface area contributed by atoms with Crippen molar-refractivity contribution >= 4 is 17.4 Å². The Morgan fingerprint density at radius 3 is 2.38 bits per heavy atom. The maximum Gasteiger partial charge on any atom is 0.338 e. The van der Waals surface area contributed by atoms with Crippen LogP contribution in [0.1, 0.15) is 23.7 Å². The molecule has 0 atom stereocenters. The molecule has 0 radical (unpaired) electrons. The molecule has 0 unspecified atom stereocenters. The second-order valence-corrected chi connectivity index (χ2v) is 4.67. The molecule has 0 aliphatic heterocycles. The van der Waals surface area contributed by atoms with Crippen molar-refractivity contribution in [2.24, 2.45) is 0 Å². The number of rotatable bonds is 5. The first kappa shape index (κ1) is 14.8. The zero-order valence-electron chi connectivity index (χ0n) is 11.8. The van der Waals surface area contributed by atoms with E-state index in [1.807, 2.05) is 24.3 Å². The van der Waals surface area contributed by atoms with E-state index in [9.17, 15) is 9.59 Å². The van der Waals surface area contributed by atoms with Crippen LogP contribution in [0.3, 0.4) is 0 Å². The number of hydrogen-bond donors (Lipinski definition) is 1. The van der Waals surface area contributed by atoms with Crippen LogP contribution in [0.5, 0.6) is 0 Å². The third-order valence-electron chi connectivity index (χ3n) is 3.08. The van der Waals surface area contributed by atoms with Gasteiger partial charge >= 0.3 is 5.97 Å². The predicted molar refractivity (Wildman–Crippen MR) is 81.9 cm³/mol. The van der Waals surface area contributed by atoms with Gasteiger partial charge < -0.3 is 10.5 Å². The smallest absolute Gasteiger partial charge is 0.338 e. The fraction of sp³-hybridized carbons (Fsp3) is 0.176. The summed E-state index contributed by atoms with van der Waals surface area (Å²) in [7, 11) is 0. The lowest BCUT2D eigenvalue weighted by Gasteiger charge is -2.06. The highest BCUT2D eigenvalue weighted by Gasteiger charge is 2.10. The molecular weight excluding hydrogens is 266 g/mol. The van der Waals surface area contributed by atoms with Gasteiger partial charge in [-0.3, -0.25) is 4.79 Å². The van der Waals surface area contributed by atoms with Gasteiger partial charge in [-0.15, -0.1) is 0 Å². The highest BCUT2D eigenvalue weighted by Crippen LogP contribution is 2.22. The Labute approximate surface area is 123 Å². The Kier molecular flexibility index (Phi) is 4.72. The summed E-state index contributed by atoms with van der Waals surface area (Å²) in [5, 5.41) is 0. The van der Waals surface area contributed by atoms with Crippen molar-refractivity contribution in [1.29, 1.82) is 0 Å². The zero-order valence-corrected chi connectivity index (χ0v) is 11.8. The summed E-state index contributed by atoms with van der Waals surface area (Å²) in [5.41, 5.74) is 8.64. The number of carbonyl (C=O) groups is 2. The van der Waals surface area contributed by atoms with Gasteiger partial charge in [0.2, 0.25) is 0 Å². The van der Waals surface area contributed by atoms with E-state index in [2.05, 4.69) is 0 Å². The maximum atomic E-state index is 11.9. The number of ether oxygens (including phenoxy) is 1. The number of Topliss-reactive ketones (excluding diaryl/α,β-unsaturated/α-hetero) is 1. The van der Waals surface area contributed by atoms with Gasteiger partial charge in [0.1, 0.15) is 6.61 Å². The second-order valence-electron chi connectivity index (χ2n) is 4.67. The van der Waals surface area contributed by atoms with Gasteiger partial charge in [0, 0.05) is 12.1 Å². The SMILES string of the molecule is CCC(=O)COC(=O)c1cccc(-c2cccc(N)c2)c1. The molecule has 2 N–H and O–H groups in total. The molecule has 0 saturated heterocycles. The van der Waals surface area contributed by atoms with Gasteiger partial charge in [0.05, 0.1) is 5.56 Å². The van der Waals surface area contributed by atoms with E-state index in [0.717, 1.165) is 11.1 Å². The number of nitrogens with two attached hydrogens (primary N) is 1. The molecule has 0 aliphatic carbocycles. The summed E-state index contributed by atoms with van der Waals surface area (Å²) in [6.07, 6.45) is 0.358. The monoisotopic (exact) mass is 283 g/mol. The topological polar surface area (TPSA) is 69.4 Å². The number of ketones is 1. The Morgan fingerprint density at radius 1 is 1.05 bits per heavy atom. The lowest BCUT2D eigenvalue weighted by atomic mass is 10.0. The van der Waals surface area contributed by atoms with Gasteiger partial charge in [-0.1, -0.05) is 31.2 Å². The molecule has 21 heavy (non-hydrogen) atoms. The Hall–Kier alpha value is -2.62. The molecule has 0 aliphatic rings. The summed E-state index contributed by atoms with van der Waals surface area (Å²) < 4.78 is 4.98. The molecule has 2 aromatic rings. The minimum Gasteiger partial charge on any atom is -0.454 e.